The van der Waals surface area contributed by atoms with E-state index in [1.165, 1.54) is 5.56 Å². The van der Waals surface area contributed by atoms with Crippen molar-refractivity contribution in [3.05, 3.63) is 52.8 Å². The van der Waals surface area contributed by atoms with Crippen molar-refractivity contribution in [3.63, 3.8) is 0 Å². The number of nitrogens with zero attached hydrogens (tertiary/aromatic N) is 2. The van der Waals surface area contributed by atoms with E-state index in [1.54, 1.807) is 13.8 Å². The first-order valence-corrected chi connectivity index (χ1v) is 7.43. The number of aryl methyl sites for hydroxylation is 1. The smallest absolute Gasteiger partial charge is 0.239 e. The second-order valence-corrected chi connectivity index (χ2v) is 6.20. The zero-order valence-corrected chi connectivity index (χ0v) is 13.7. The summed E-state index contributed by atoms with van der Waals surface area (Å²) in [5.41, 5.74) is 9.17. The summed E-state index contributed by atoms with van der Waals surface area (Å²) in [4.78, 5) is 11.9. The fourth-order valence-electron chi connectivity index (χ4n) is 2.30. The molecule has 0 aliphatic carbocycles. The van der Waals surface area contributed by atoms with Gasteiger partial charge in [0.1, 0.15) is 0 Å². The van der Waals surface area contributed by atoms with Gasteiger partial charge in [0.25, 0.3) is 0 Å². The van der Waals surface area contributed by atoms with E-state index in [9.17, 15) is 4.79 Å². The number of carbonyl (C=O) groups is 1. The van der Waals surface area contributed by atoms with Crippen LogP contribution >= 0.6 is 0 Å². The molecule has 0 bridgehead atoms. The zero-order chi connectivity index (χ0) is 16.3. The van der Waals surface area contributed by atoms with Crippen molar-refractivity contribution in [2.75, 3.05) is 0 Å². The van der Waals surface area contributed by atoms with Crippen molar-refractivity contribution >= 4 is 5.91 Å². The lowest BCUT2D eigenvalue weighted by Crippen LogP contribution is -2.48. The number of amides is 1. The lowest BCUT2D eigenvalue weighted by atomic mass is 10.1. The summed E-state index contributed by atoms with van der Waals surface area (Å²) in [6.45, 7) is 8.55. The Labute approximate surface area is 131 Å². The monoisotopic (exact) mass is 300 g/mol. The lowest BCUT2D eigenvalue weighted by molar-refractivity contribution is -0.125. The highest BCUT2D eigenvalue weighted by molar-refractivity contribution is 5.85. The van der Waals surface area contributed by atoms with Gasteiger partial charge in [0, 0.05) is 17.8 Å². The van der Waals surface area contributed by atoms with Crippen molar-refractivity contribution < 1.29 is 4.79 Å². The summed E-state index contributed by atoms with van der Waals surface area (Å²) in [5.74, 6) is -0.165. The van der Waals surface area contributed by atoms with Crippen LogP contribution in [0.2, 0.25) is 0 Å². The second kappa shape index (κ2) is 6.32. The fourth-order valence-corrected chi connectivity index (χ4v) is 2.30. The third-order valence-electron chi connectivity index (χ3n) is 3.72. The Kier molecular flexibility index (Phi) is 4.66. The molecule has 0 atom stereocenters. The van der Waals surface area contributed by atoms with E-state index in [2.05, 4.69) is 22.5 Å². The van der Waals surface area contributed by atoms with Gasteiger partial charge >= 0.3 is 0 Å². The molecule has 1 amide bonds. The molecule has 0 saturated carbocycles. The Bertz CT molecular complexity index is 653. The van der Waals surface area contributed by atoms with Gasteiger partial charge in [-0.15, -0.1) is 0 Å². The number of hydrogen-bond acceptors (Lipinski definition) is 3. The number of aromatic nitrogens is 2. The van der Waals surface area contributed by atoms with Gasteiger partial charge < -0.3 is 11.1 Å². The third-order valence-corrected chi connectivity index (χ3v) is 3.72. The van der Waals surface area contributed by atoms with Gasteiger partial charge in [-0.05, 0) is 33.3 Å². The average molecular weight is 300 g/mol. The van der Waals surface area contributed by atoms with E-state index in [0.717, 1.165) is 23.5 Å². The van der Waals surface area contributed by atoms with Gasteiger partial charge in [-0.1, -0.05) is 30.3 Å². The van der Waals surface area contributed by atoms with E-state index in [1.807, 2.05) is 36.7 Å². The molecule has 1 aromatic carbocycles. The first-order chi connectivity index (χ1) is 10.3. The minimum atomic E-state index is -0.873. The van der Waals surface area contributed by atoms with Crippen LogP contribution in [0.25, 0.3) is 0 Å². The Morgan fingerprint density at radius 3 is 2.50 bits per heavy atom. The molecule has 0 saturated heterocycles. The van der Waals surface area contributed by atoms with Gasteiger partial charge in [-0.3, -0.25) is 9.48 Å². The van der Waals surface area contributed by atoms with Crippen LogP contribution in [-0.4, -0.2) is 21.2 Å². The Balaban J connectivity index is 2.12. The maximum absolute atomic E-state index is 11.9. The van der Waals surface area contributed by atoms with Gasteiger partial charge in [0.05, 0.1) is 17.8 Å². The molecule has 3 N–H and O–H groups in total. The Morgan fingerprint density at radius 2 is 1.91 bits per heavy atom. The molecule has 0 radical (unpaired) electrons. The molecule has 0 aliphatic rings. The van der Waals surface area contributed by atoms with Crippen LogP contribution in [0, 0.1) is 13.8 Å². The molecule has 0 unspecified atom stereocenters. The molecule has 22 heavy (non-hydrogen) atoms. The molecule has 5 heteroatoms. The molecular weight excluding hydrogens is 276 g/mol. The minimum absolute atomic E-state index is 0.165. The molecule has 1 aromatic heterocycles. The van der Waals surface area contributed by atoms with Crippen molar-refractivity contribution in [2.45, 2.75) is 46.3 Å². The average Bonchev–Trinajstić information content (AvgIpc) is 2.71. The molecule has 2 rings (SSSR count). The van der Waals surface area contributed by atoms with Gasteiger partial charge in [-0.2, -0.15) is 5.10 Å². The summed E-state index contributed by atoms with van der Waals surface area (Å²) in [5, 5.41) is 7.46. The number of nitrogens with one attached hydrogen (secondary N) is 1. The highest BCUT2D eigenvalue weighted by Crippen LogP contribution is 2.15. The number of hydrogen-bond donors (Lipinski definition) is 2. The van der Waals surface area contributed by atoms with Crippen LogP contribution in [-0.2, 0) is 17.9 Å². The van der Waals surface area contributed by atoms with Crippen LogP contribution in [0.3, 0.4) is 0 Å². The third kappa shape index (κ3) is 3.74. The van der Waals surface area contributed by atoms with Crippen molar-refractivity contribution in [1.82, 2.24) is 15.1 Å². The predicted octanol–water partition coefficient (Wildman–Crippen LogP) is 1.90. The van der Waals surface area contributed by atoms with Gasteiger partial charge in [0.2, 0.25) is 5.91 Å². The Morgan fingerprint density at radius 1 is 1.27 bits per heavy atom. The molecular formula is C17H24N4O. The van der Waals surface area contributed by atoms with E-state index in [4.69, 9.17) is 5.73 Å². The fraction of sp³-hybridized carbons (Fsp3) is 0.412. The van der Waals surface area contributed by atoms with Crippen LogP contribution in [0.1, 0.15) is 36.4 Å². The van der Waals surface area contributed by atoms with Crippen molar-refractivity contribution in [1.29, 1.82) is 0 Å². The van der Waals surface area contributed by atoms with Gasteiger partial charge in [0.15, 0.2) is 0 Å². The maximum atomic E-state index is 11.9. The minimum Gasteiger partial charge on any atom is -0.350 e. The van der Waals surface area contributed by atoms with E-state index in [-0.39, 0.29) is 5.91 Å². The SMILES string of the molecule is Cc1nn(Cc2ccccc2)c(C)c1CNC(=O)C(C)(C)N. The number of carbonyl (C=O) groups excluding carboxylic acids is 1. The summed E-state index contributed by atoms with van der Waals surface area (Å²) in [7, 11) is 0. The molecule has 118 valence electrons. The van der Waals surface area contributed by atoms with Crippen LogP contribution in [0.5, 0.6) is 0 Å². The molecule has 0 spiro atoms. The predicted molar refractivity (Wildman–Crippen MR) is 87.4 cm³/mol. The number of nitrogens with two attached hydrogens (primary N) is 1. The standard InChI is InChI=1S/C17H24N4O/c1-12-15(10-19-16(22)17(3,4)18)13(2)21(20-12)11-14-8-6-5-7-9-14/h5-9H,10-11,18H2,1-4H3,(H,19,22). The van der Waals surface area contributed by atoms with E-state index >= 15 is 0 Å². The normalized spacial score (nSPS) is 11.5. The zero-order valence-electron chi connectivity index (χ0n) is 13.7. The molecule has 2 aromatic rings. The molecule has 0 fully saturated rings. The second-order valence-electron chi connectivity index (χ2n) is 6.20. The molecule has 5 nitrogen and oxygen atoms in total. The maximum Gasteiger partial charge on any atom is 0.239 e. The van der Waals surface area contributed by atoms with Crippen LogP contribution in [0.15, 0.2) is 30.3 Å². The lowest BCUT2D eigenvalue weighted by Gasteiger charge is -2.17. The van der Waals surface area contributed by atoms with E-state index in [0.29, 0.717) is 6.54 Å². The largest absolute Gasteiger partial charge is 0.350 e. The number of rotatable bonds is 5. The summed E-state index contributed by atoms with van der Waals surface area (Å²) < 4.78 is 1.97. The summed E-state index contributed by atoms with van der Waals surface area (Å²) in [6, 6.07) is 10.2. The highest BCUT2D eigenvalue weighted by Gasteiger charge is 2.22. The van der Waals surface area contributed by atoms with Crippen molar-refractivity contribution in [2.24, 2.45) is 5.73 Å². The van der Waals surface area contributed by atoms with E-state index < -0.39 is 5.54 Å². The Hall–Kier alpha value is -2.14. The quantitative estimate of drug-likeness (QED) is 0.886. The molecule has 1 heterocycles. The first kappa shape index (κ1) is 16.2. The van der Waals surface area contributed by atoms with Crippen molar-refractivity contribution in [3.8, 4) is 0 Å². The topological polar surface area (TPSA) is 72.9 Å². The van der Waals surface area contributed by atoms with Crippen LogP contribution in [0.4, 0.5) is 0 Å². The van der Waals surface area contributed by atoms with Crippen LogP contribution < -0.4 is 11.1 Å². The highest BCUT2D eigenvalue weighted by atomic mass is 16.2. The van der Waals surface area contributed by atoms with Gasteiger partial charge in [-0.25, -0.2) is 0 Å². The molecule has 0 aliphatic heterocycles. The first-order valence-electron chi connectivity index (χ1n) is 7.43. The number of benzene rings is 1. The summed E-state index contributed by atoms with van der Waals surface area (Å²) >= 11 is 0. The summed E-state index contributed by atoms with van der Waals surface area (Å²) in [6.07, 6.45) is 0.